The first-order valence-electron chi connectivity index (χ1n) is 6.30. The van der Waals surface area contributed by atoms with Crippen LogP contribution in [-0.4, -0.2) is 9.55 Å². The Bertz CT molecular complexity index is 507. The molecule has 2 aromatic rings. The molecule has 1 heterocycles. The number of rotatable bonds is 3. The highest BCUT2D eigenvalue weighted by molar-refractivity contribution is 5.43. The second kappa shape index (κ2) is 4.94. The summed E-state index contributed by atoms with van der Waals surface area (Å²) in [4.78, 5) is 4.08. The van der Waals surface area contributed by atoms with E-state index in [1.165, 1.54) is 5.56 Å². The van der Waals surface area contributed by atoms with Crippen molar-refractivity contribution in [1.82, 2.24) is 9.55 Å². The maximum atomic E-state index is 5.86. The van der Waals surface area contributed by atoms with Crippen molar-refractivity contribution in [3.05, 3.63) is 48.0 Å². The second-order valence-electron chi connectivity index (χ2n) is 5.87. The van der Waals surface area contributed by atoms with Crippen molar-refractivity contribution in [2.75, 3.05) is 0 Å². The molecule has 1 aromatic heterocycles. The van der Waals surface area contributed by atoms with Gasteiger partial charge in [-0.2, -0.15) is 0 Å². The van der Waals surface area contributed by atoms with E-state index >= 15 is 0 Å². The number of imidazole rings is 1. The number of hydrogen-bond acceptors (Lipinski definition) is 2. The van der Waals surface area contributed by atoms with Gasteiger partial charge in [0.1, 0.15) is 0 Å². The van der Waals surface area contributed by atoms with Crippen LogP contribution in [0, 0.1) is 5.41 Å². The van der Waals surface area contributed by atoms with E-state index < -0.39 is 0 Å². The molecule has 18 heavy (non-hydrogen) atoms. The first-order chi connectivity index (χ1) is 8.49. The summed E-state index contributed by atoms with van der Waals surface area (Å²) in [6, 6.07) is 6.52. The fourth-order valence-corrected chi connectivity index (χ4v) is 2.18. The normalized spacial score (nSPS) is 11.8. The molecule has 0 saturated carbocycles. The van der Waals surface area contributed by atoms with Crippen molar-refractivity contribution in [1.29, 1.82) is 0 Å². The van der Waals surface area contributed by atoms with Gasteiger partial charge in [-0.25, -0.2) is 4.98 Å². The van der Waals surface area contributed by atoms with E-state index in [1.807, 2.05) is 10.8 Å². The third-order valence-corrected chi connectivity index (χ3v) is 2.88. The van der Waals surface area contributed by atoms with E-state index in [9.17, 15) is 0 Å². The van der Waals surface area contributed by atoms with Crippen LogP contribution in [0.25, 0.3) is 5.69 Å². The molecule has 0 amide bonds. The summed E-state index contributed by atoms with van der Waals surface area (Å²) in [5.74, 6) is 0. The highest BCUT2D eigenvalue weighted by atomic mass is 15.0. The third-order valence-electron chi connectivity index (χ3n) is 2.88. The van der Waals surface area contributed by atoms with Gasteiger partial charge >= 0.3 is 0 Å². The minimum atomic E-state index is 0.294. The Labute approximate surface area is 109 Å². The van der Waals surface area contributed by atoms with Crippen LogP contribution in [-0.2, 0) is 13.0 Å². The third kappa shape index (κ3) is 2.99. The summed E-state index contributed by atoms with van der Waals surface area (Å²) in [6.07, 6.45) is 6.59. The first kappa shape index (κ1) is 12.8. The zero-order valence-electron chi connectivity index (χ0n) is 11.4. The van der Waals surface area contributed by atoms with Gasteiger partial charge in [-0.15, -0.1) is 0 Å². The lowest BCUT2D eigenvalue weighted by Crippen LogP contribution is -2.11. The molecule has 96 valence electrons. The van der Waals surface area contributed by atoms with E-state index in [2.05, 4.69) is 44.0 Å². The number of hydrogen-bond donors (Lipinski definition) is 1. The topological polar surface area (TPSA) is 43.8 Å². The van der Waals surface area contributed by atoms with Crippen molar-refractivity contribution in [2.24, 2.45) is 11.1 Å². The monoisotopic (exact) mass is 243 g/mol. The lowest BCUT2D eigenvalue weighted by molar-refractivity contribution is 0.411. The molecule has 0 aliphatic heterocycles. The number of aromatic nitrogens is 2. The summed E-state index contributed by atoms with van der Waals surface area (Å²) in [7, 11) is 0. The summed E-state index contributed by atoms with van der Waals surface area (Å²) < 4.78 is 2.00. The standard InChI is InChI=1S/C15H21N3/c1-15(2,3)9-12-4-5-14(13(8-12)10-16)18-7-6-17-11-18/h4-8,11H,9-10,16H2,1-3H3. The van der Waals surface area contributed by atoms with Gasteiger partial charge in [-0.1, -0.05) is 32.9 Å². The molecule has 0 aliphatic rings. The molecule has 2 N–H and O–H groups in total. The molecule has 0 bridgehead atoms. The van der Waals surface area contributed by atoms with Crippen LogP contribution < -0.4 is 5.73 Å². The lowest BCUT2D eigenvalue weighted by atomic mass is 9.87. The molecule has 0 aliphatic carbocycles. The first-order valence-corrected chi connectivity index (χ1v) is 6.30. The minimum absolute atomic E-state index is 0.294. The van der Waals surface area contributed by atoms with E-state index in [0.29, 0.717) is 12.0 Å². The summed E-state index contributed by atoms with van der Waals surface area (Å²) in [6.45, 7) is 7.29. The van der Waals surface area contributed by atoms with Crippen molar-refractivity contribution in [3.8, 4) is 5.69 Å². The van der Waals surface area contributed by atoms with Gasteiger partial charge in [0.25, 0.3) is 0 Å². The molecule has 1 aromatic carbocycles. The molecule has 3 nitrogen and oxygen atoms in total. The smallest absolute Gasteiger partial charge is 0.0991 e. The maximum absolute atomic E-state index is 5.86. The Morgan fingerprint density at radius 1 is 1.28 bits per heavy atom. The van der Waals surface area contributed by atoms with Gasteiger partial charge in [-0.05, 0) is 29.0 Å². The largest absolute Gasteiger partial charge is 0.326 e. The van der Waals surface area contributed by atoms with E-state index in [0.717, 1.165) is 17.7 Å². The molecule has 0 unspecified atom stereocenters. The lowest BCUT2D eigenvalue weighted by Gasteiger charge is -2.19. The van der Waals surface area contributed by atoms with Crippen LogP contribution >= 0.6 is 0 Å². The van der Waals surface area contributed by atoms with E-state index in [1.54, 1.807) is 12.5 Å². The zero-order chi connectivity index (χ0) is 13.2. The van der Waals surface area contributed by atoms with Gasteiger partial charge in [0.05, 0.1) is 12.0 Å². The second-order valence-corrected chi connectivity index (χ2v) is 5.87. The molecule has 3 heteroatoms. The molecule has 0 radical (unpaired) electrons. The molecule has 0 spiro atoms. The summed E-state index contributed by atoms with van der Waals surface area (Å²) >= 11 is 0. The van der Waals surface area contributed by atoms with Crippen molar-refractivity contribution in [3.63, 3.8) is 0 Å². The average molecular weight is 243 g/mol. The molecule has 0 saturated heterocycles. The maximum Gasteiger partial charge on any atom is 0.0991 e. The molecular formula is C15H21N3. The Hall–Kier alpha value is -1.61. The van der Waals surface area contributed by atoms with Crippen molar-refractivity contribution in [2.45, 2.75) is 33.7 Å². The number of nitrogens with two attached hydrogens (primary N) is 1. The summed E-state index contributed by atoms with van der Waals surface area (Å²) in [5, 5.41) is 0. The fraction of sp³-hybridized carbons (Fsp3) is 0.400. The average Bonchev–Trinajstić information content (AvgIpc) is 2.80. The summed E-state index contributed by atoms with van der Waals surface area (Å²) in [5.41, 5.74) is 9.77. The van der Waals surface area contributed by atoms with Gasteiger partial charge in [0.15, 0.2) is 0 Å². The zero-order valence-corrected chi connectivity index (χ0v) is 11.4. The van der Waals surface area contributed by atoms with Crippen LogP contribution in [0.5, 0.6) is 0 Å². The highest BCUT2D eigenvalue weighted by Gasteiger charge is 2.12. The van der Waals surface area contributed by atoms with Crippen LogP contribution in [0.1, 0.15) is 31.9 Å². The van der Waals surface area contributed by atoms with E-state index in [4.69, 9.17) is 5.73 Å². The molecule has 0 fully saturated rings. The Morgan fingerprint density at radius 3 is 2.61 bits per heavy atom. The predicted molar refractivity (Wildman–Crippen MR) is 74.6 cm³/mol. The van der Waals surface area contributed by atoms with Gasteiger partial charge in [0.2, 0.25) is 0 Å². The van der Waals surface area contributed by atoms with Crippen LogP contribution in [0.15, 0.2) is 36.9 Å². The minimum Gasteiger partial charge on any atom is -0.326 e. The van der Waals surface area contributed by atoms with Crippen molar-refractivity contribution < 1.29 is 0 Å². The Kier molecular flexibility index (Phi) is 3.53. The van der Waals surface area contributed by atoms with Gasteiger partial charge < -0.3 is 10.3 Å². The SMILES string of the molecule is CC(C)(C)Cc1ccc(-n2ccnc2)c(CN)c1. The Balaban J connectivity index is 2.35. The fourth-order valence-electron chi connectivity index (χ4n) is 2.18. The van der Waals surface area contributed by atoms with Crippen LogP contribution in [0.4, 0.5) is 0 Å². The molecular weight excluding hydrogens is 222 g/mol. The van der Waals surface area contributed by atoms with Gasteiger partial charge in [0, 0.05) is 18.9 Å². The van der Waals surface area contributed by atoms with Crippen LogP contribution in [0.3, 0.4) is 0 Å². The van der Waals surface area contributed by atoms with Gasteiger partial charge in [-0.3, -0.25) is 0 Å². The molecule has 2 rings (SSSR count). The van der Waals surface area contributed by atoms with Crippen molar-refractivity contribution >= 4 is 0 Å². The highest BCUT2D eigenvalue weighted by Crippen LogP contribution is 2.23. The Morgan fingerprint density at radius 2 is 2.06 bits per heavy atom. The number of nitrogens with zero attached hydrogens (tertiary/aromatic N) is 2. The van der Waals surface area contributed by atoms with E-state index in [-0.39, 0.29) is 0 Å². The molecule has 0 atom stereocenters. The number of benzene rings is 1. The predicted octanol–water partition coefficient (Wildman–Crippen LogP) is 2.92. The van der Waals surface area contributed by atoms with Crippen LogP contribution in [0.2, 0.25) is 0 Å². The quantitative estimate of drug-likeness (QED) is 0.900.